The van der Waals surface area contributed by atoms with Crippen molar-refractivity contribution in [3.05, 3.63) is 69.8 Å². The fourth-order valence-electron chi connectivity index (χ4n) is 3.42. The van der Waals surface area contributed by atoms with E-state index in [4.69, 9.17) is 0 Å². The molecule has 2 aromatic rings. The van der Waals surface area contributed by atoms with Gasteiger partial charge in [-0.1, -0.05) is 132 Å². The first-order valence-electron chi connectivity index (χ1n) is 11.4. The molecule has 0 aliphatic heterocycles. The molecule has 0 radical (unpaired) electrons. The molecule has 0 amide bonds. The molecule has 0 saturated heterocycles. The van der Waals surface area contributed by atoms with Crippen molar-refractivity contribution < 1.29 is 0 Å². The Balaban J connectivity index is 2.58. The zero-order valence-electron chi connectivity index (χ0n) is 21.6. The van der Waals surface area contributed by atoms with Gasteiger partial charge in [-0.15, -0.1) is 0 Å². The van der Waals surface area contributed by atoms with E-state index in [1.165, 1.54) is 33.4 Å². The topological polar surface area (TPSA) is 0 Å². The summed E-state index contributed by atoms with van der Waals surface area (Å²) >= 11 is 0. The smallest absolute Gasteiger partial charge is 0.0132 e. The Morgan fingerprint density at radius 3 is 0.733 bits per heavy atom. The highest BCUT2D eigenvalue weighted by Crippen LogP contribution is 2.33. The summed E-state index contributed by atoms with van der Waals surface area (Å²) in [7, 11) is 0. The van der Waals surface area contributed by atoms with E-state index in [0.717, 1.165) is 0 Å². The van der Waals surface area contributed by atoms with Crippen LogP contribution in [0.5, 0.6) is 0 Å². The van der Waals surface area contributed by atoms with Crippen molar-refractivity contribution in [3.63, 3.8) is 0 Å². The van der Waals surface area contributed by atoms with Gasteiger partial charge in [-0.3, -0.25) is 0 Å². The number of rotatable bonds is 2. The third-order valence-corrected chi connectivity index (χ3v) is 5.84. The van der Waals surface area contributed by atoms with Crippen molar-refractivity contribution in [3.8, 4) is 0 Å². The molecule has 0 N–H and O–H groups in total. The van der Waals surface area contributed by atoms with Gasteiger partial charge in [0.2, 0.25) is 0 Å². The van der Waals surface area contributed by atoms with Crippen molar-refractivity contribution >= 4 is 12.2 Å². The van der Waals surface area contributed by atoms with Crippen molar-refractivity contribution in [2.45, 2.75) is 105 Å². The van der Waals surface area contributed by atoms with Gasteiger partial charge < -0.3 is 0 Å². The lowest BCUT2D eigenvalue weighted by atomic mass is 9.79. The van der Waals surface area contributed by atoms with Crippen molar-refractivity contribution in [2.75, 3.05) is 0 Å². The fourth-order valence-corrected chi connectivity index (χ4v) is 3.42. The summed E-state index contributed by atoms with van der Waals surface area (Å²) in [4.78, 5) is 0. The van der Waals surface area contributed by atoms with Crippen LogP contribution in [0, 0.1) is 0 Å². The second-order valence-electron chi connectivity index (χ2n) is 13.0. The summed E-state index contributed by atoms with van der Waals surface area (Å²) in [6, 6.07) is 14.2. The molecule has 0 heterocycles. The molecule has 0 aromatic heterocycles. The molecule has 0 fully saturated rings. The van der Waals surface area contributed by atoms with Crippen LogP contribution in [0.1, 0.15) is 116 Å². The third kappa shape index (κ3) is 6.34. The second kappa shape index (κ2) is 8.03. The Bertz CT molecular complexity index is 768. The minimum absolute atomic E-state index is 0.134. The Hall–Kier alpha value is -1.82. The van der Waals surface area contributed by atoms with Crippen LogP contribution in [0.4, 0.5) is 0 Å². The molecule has 0 unspecified atom stereocenters. The molecular weight excluding hydrogens is 360 g/mol. The molecule has 0 nitrogen and oxygen atoms in total. The van der Waals surface area contributed by atoms with Crippen LogP contribution >= 0.6 is 0 Å². The molecule has 2 rings (SSSR count). The minimum atomic E-state index is 0.134. The van der Waals surface area contributed by atoms with E-state index in [2.05, 4.69) is 132 Å². The molecule has 30 heavy (non-hydrogen) atoms. The quantitative estimate of drug-likeness (QED) is 0.438. The predicted molar refractivity (Wildman–Crippen MR) is 137 cm³/mol. The summed E-state index contributed by atoms with van der Waals surface area (Å²) in [5.41, 5.74) is 8.69. The molecule has 0 aliphatic rings. The Labute approximate surface area is 186 Å². The maximum Gasteiger partial charge on any atom is -0.0132 e. The van der Waals surface area contributed by atoms with E-state index in [0.29, 0.717) is 0 Å². The molecule has 0 spiro atoms. The molecular formula is C30H44. The van der Waals surface area contributed by atoms with Gasteiger partial charge in [-0.2, -0.15) is 0 Å². The molecule has 0 aliphatic carbocycles. The van der Waals surface area contributed by atoms with Crippen molar-refractivity contribution in [2.24, 2.45) is 0 Å². The molecule has 164 valence electrons. The normalized spacial score (nSPS) is 13.9. The van der Waals surface area contributed by atoms with E-state index in [9.17, 15) is 0 Å². The van der Waals surface area contributed by atoms with Gasteiger partial charge in [0.15, 0.2) is 0 Å². The highest BCUT2D eigenvalue weighted by Gasteiger charge is 2.21. The lowest BCUT2D eigenvalue weighted by molar-refractivity contribution is 0.567. The summed E-state index contributed by atoms with van der Waals surface area (Å²) in [6.45, 7) is 27.6. The number of hydrogen-bond acceptors (Lipinski definition) is 0. The van der Waals surface area contributed by atoms with Crippen molar-refractivity contribution in [1.29, 1.82) is 0 Å². The predicted octanol–water partition coefficient (Wildman–Crippen LogP) is 9.05. The second-order valence-corrected chi connectivity index (χ2v) is 13.0. The summed E-state index contributed by atoms with van der Waals surface area (Å²) in [5, 5.41) is 0. The van der Waals surface area contributed by atoms with Crippen LogP contribution in [0.25, 0.3) is 12.2 Å². The van der Waals surface area contributed by atoms with E-state index < -0.39 is 0 Å². The lowest BCUT2D eigenvalue weighted by Gasteiger charge is -2.26. The average molecular weight is 405 g/mol. The first-order valence-corrected chi connectivity index (χ1v) is 11.4. The zero-order chi connectivity index (χ0) is 23.1. The van der Waals surface area contributed by atoms with Gasteiger partial charge >= 0.3 is 0 Å². The highest BCUT2D eigenvalue weighted by molar-refractivity contribution is 5.71. The van der Waals surface area contributed by atoms with Gasteiger partial charge in [0.05, 0.1) is 0 Å². The molecule has 0 saturated carbocycles. The van der Waals surface area contributed by atoms with Gasteiger partial charge in [0, 0.05) is 0 Å². The van der Waals surface area contributed by atoms with E-state index >= 15 is 0 Å². The zero-order valence-corrected chi connectivity index (χ0v) is 21.6. The van der Waals surface area contributed by atoms with Gasteiger partial charge in [0.25, 0.3) is 0 Å². The maximum absolute atomic E-state index is 2.38. The maximum atomic E-state index is 2.38. The summed E-state index contributed by atoms with van der Waals surface area (Å²) < 4.78 is 0. The lowest BCUT2D eigenvalue weighted by Crippen LogP contribution is -2.16. The van der Waals surface area contributed by atoms with Gasteiger partial charge in [-0.25, -0.2) is 0 Å². The third-order valence-electron chi connectivity index (χ3n) is 5.84. The number of hydrogen-bond donors (Lipinski definition) is 0. The Kier molecular flexibility index (Phi) is 6.54. The minimum Gasteiger partial charge on any atom is -0.0561 e. The summed E-state index contributed by atoms with van der Waals surface area (Å²) in [5.74, 6) is 0. The van der Waals surface area contributed by atoms with Crippen LogP contribution in [0.3, 0.4) is 0 Å². The number of benzene rings is 2. The SMILES string of the molecule is CC(C)(C)c1cc(/C=C/c2cc(C(C)(C)C)cc(C(C)(C)C)c2)cc(C(C)(C)C)c1. The highest BCUT2D eigenvalue weighted by atomic mass is 14.3. The average Bonchev–Trinajstić information content (AvgIpc) is 2.56. The first kappa shape index (κ1) is 24.4. The van der Waals surface area contributed by atoms with E-state index in [-0.39, 0.29) is 21.7 Å². The van der Waals surface area contributed by atoms with Gasteiger partial charge in [0.1, 0.15) is 0 Å². The molecule has 0 heteroatoms. The van der Waals surface area contributed by atoms with Crippen LogP contribution in [0.15, 0.2) is 36.4 Å². The molecule has 0 bridgehead atoms. The largest absolute Gasteiger partial charge is 0.0561 e. The molecule has 0 atom stereocenters. The van der Waals surface area contributed by atoms with Crippen LogP contribution in [-0.2, 0) is 21.7 Å². The van der Waals surface area contributed by atoms with Crippen molar-refractivity contribution in [1.82, 2.24) is 0 Å². The van der Waals surface area contributed by atoms with Gasteiger partial charge in [-0.05, 0) is 55.0 Å². The van der Waals surface area contributed by atoms with E-state index in [1.54, 1.807) is 0 Å². The molecule has 2 aromatic carbocycles. The van der Waals surface area contributed by atoms with E-state index in [1.807, 2.05) is 0 Å². The Morgan fingerprint density at radius 1 is 0.367 bits per heavy atom. The standard InChI is InChI=1S/C30H44/c1-27(2,3)23-15-21(16-24(19-23)28(4,5)6)13-14-22-17-25(29(7,8)9)20-26(18-22)30(10,11)12/h13-20H,1-12H3/b14-13+. The summed E-state index contributed by atoms with van der Waals surface area (Å²) in [6.07, 6.45) is 4.58. The first-order chi connectivity index (χ1) is 13.4. The Morgan fingerprint density at radius 2 is 0.567 bits per heavy atom. The fraction of sp³-hybridized carbons (Fsp3) is 0.533. The monoisotopic (exact) mass is 404 g/mol. The van der Waals surface area contributed by atoms with Crippen LogP contribution in [0.2, 0.25) is 0 Å². The van der Waals surface area contributed by atoms with Crippen LogP contribution in [-0.4, -0.2) is 0 Å². The van der Waals surface area contributed by atoms with Crippen LogP contribution < -0.4 is 0 Å².